The van der Waals surface area contributed by atoms with Gasteiger partial charge in [0.2, 0.25) is 5.91 Å². The van der Waals surface area contributed by atoms with Crippen molar-refractivity contribution in [1.29, 1.82) is 0 Å². The Hall–Kier alpha value is -2.15. The van der Waals surface area contributed by atoms with Crippen molar-refractivity contribution in [1.82, 2.24) is 5.32 Å². The Kier molecular flexibility index (Phi) is 3.37. The maximum Gasteiger partial charge on any atom is 0.337 e. The normalized spacial score (nSPS) is 23.3. The van der Waals surface area contributed by atoms with E-state index in [1.807, 2.05) is 0 Å². The summed E-state index contributed by atoms with van der Waals surface area (Å²) in [4.78, 5) is 24.4. The first-order valence-electron chi connectivity index (χ1n) is 7.17. The number of carbonyl (C=O) groups is 2. The van der Waals surface area contributed by atoms with Crippen molar-refractivity contribution in [3.63, 3.8) is 0 Å². The zero-order valence-corrected chi connectivity index (χ0v) is 13.9. The summed E-state index contributed by atoms with van der Waals surface area (Å²) >= 11 is 0. The summed E-state index contributed by atoms with van der Waals surface area (Å²) in [5.74, 6) is -1.06. The third kappa shape index (κ3) is 2.65. The Labute approximate surface area is 134 Å². The maximum atomic E-state index is 12.2. The molecule has 0 saturated heterocycles. The SMILES string of the molecule is CC1(C)OC(=O)C2=C1NC(=O)C[C@@H]2c1ccc(S(C)(=O)=O)cc1. The first-order chi connectivity index (χ1) is 10.6. The highest BCUT2D eigenvalue weighted by molar-refractivity contribution is 7.90. The van der Waals surface area contributed by atoms with E-state index in [2.05, 4.69) is 5.32 Å². The van der Waals surface area contributed by atoms with E-state index in [0.717, 1.165) is 11.8 Å². The van der Waals surface area contributed by atoms with E-state index < -0.39 is 27.3 Å². The molecule has 122 valence electrons. The first kappa shape index (κ1) is 15.7. The van der Waals surface area contributed by atoms with E-state index in [1.54, 1.807) is 26.0 Å². The molecule has 0 aliphatic carbocycles. The molecule has 0 aromatic heterocycles. The third-order valence-corrected chi connectivity index (χ3v) is 5.28. The second-order valence-corrected chi connectivity index (χ2v) is 8.35. The molecule has 7 heteroatoms. The highest BCUT2D eigenvalue weighted by Gasteiger charge is 2.47. The lowest BCUT2D eigenvalue weighted by molar-refractivity contribution is -0.144. The summed E-state index contributed by atoms with van der Waals surface area (Å²) in [5.41, 5.74) is 0.792. The van der Waals surface area contributed by atoms with E-state index in [0.29, 0.717) is 11.3 Å². The summed E-state index contributed by atoms with van der Waals surface area (Å²) in [6, 6.07) is 6.26. The number of benzene rings is 1. The number of hydrogen-bond acceptors (Lipinski definition) is 5. The number of sulfone groups is 1. The quantitative estimate of drug-likeness (QED) is 0.823. The summed E-state index contributed by atoms with van der Waals surface area (Å²) in [7, 11) is -3.29. The number of hydrogen-bond donors (Lipinski definition) is 1. The van der Waals surface area contributed by atoms with Crippen LogP contribution in [0.1, 0.15) is 31.7 Å². The molecule has 0 saturated carbocycles. The van der Waals surface area contributed by atoms with Crippen LogP contribution in [0.4, 0.5) is 0 Å². The number of nitrogens with one attached hydrogen (secondary N) is 1. The molecule has 1 aromatic carbocycles. The molecule has 1 atom stereocenters. The van der Waals surface area contributed by atoms with Crippen molar-refractivity contribution in [2.75, 3.05) is 6.26 Å². The predicted molar refractivity (Wildman–Crippen MR) is 82.2 cm³/mol. The van der Waals surface area contributed by atoms with Crippen LogP contribution in [0.15, 0.2) is 40.4 Å². The molecule has 0 spiro atoms. The molecule has 0 radical (unpaired) electrons. The molecule has 2 aliphatic heterocycles. The summed E-state index contributed by atoms with van der Waals surface area (Å²) in [6.45, 7) is 3.45. The fourth-order valence-corrected chi connectivity index (χ4v) is 3.64. The molecule has 6 nitrogen and oxygen atoms in total. The van der Waals surface area contributed by atoms with Crippen LogP contribution in [0, 0.1) is 0 Å². The first-order valence-corrected chi connectivity index (χ1v) is 9.06. The topological polar surface area (TPSA) is 89.5 Å². The fraction of sp³-hybridized carbons (Fsp3) is 0.375. The van der Waals surface area contributed by atoms with Gasteiger partial charge in [-0.2, -0.15) is 0 Å². The van der Waals surface area contributed by atoms with Crippen LogP contribution in [0.3, 0.4) is 0 Å². The Morgan fingerprint density at radius 3 is 2.35 bits per heavy atom. The van der Waals surface area contributed by atoms with Crippen molar-refractivity contribution in [2.45, 2.75) is 36.7 Å². The summed E-state index contributed by atoms with van der Waals surface area (Å²) in [5, 5.41) is 2.73. The van der Waals surface area contributed by atoms with Crippen LogP contribution in [0.5, 0.6) is 0 Å². The van der Waals surface area contributed by atoms with Gasteiger partial charge >= 0.3 is 5.97 Å². The third-order valence-electron chi connectivity index (χ3n) is 4.15. The molecule has 3 rings (SSSR count). The zero-order chi connectivity index (χ0) is 17.0. The van der Waals surface area contributed by atoms with Crippen LogP contribution in [0.25, 0.3) is 0 Å². The second kappa shape index (κ2) is 4.92. The lowest BCUT2D eigenvalue weighted by Crippen LogP contribution is -2.38. The Bertz CT molecular complexity index is 834. The second-order valence-electron chi connectivity index (χ2n) is 6.33. The Morgan fingerprint density at radius 2 is 1.78 bits per heavy atom. The average Bonchev–Trinajstić information content (AvgIpc) is 2.67. The van der Waals surface area contributed by atoms with Crippen LogP contribution in [-0.4, -0.2) is 32.2 Å². The molecule has 2 heterocycles. The van der Waals surface area contributed by atoms with Crippen LogP contribution in [-0.2, 0) is 24.2 Å². The summed E-state index contributed by atoms with van der Waals surface area (Å²) < 4.78 is 28.4. The number of amides is 1. The van der Waals surface area contributed by atoms with Gasteiger partial charge in [-0.1, -0.05) is 12.1 Å². The molecular formula is C16H17NO5S. The molecule has 23 heavy (non-hydrogen) atoms. The number of esters is 1. The van der Waals surface area contributed by atoms with E-state index >= 15 is 0 Å². The van der Waals surface area contributed by atoms with E-state index in [1.165, 1.54) is 12.1 Å². The highest BCUT2D eigenvalue weighted by atomic mass is 32.2. The van der Waals surface area contributed by atoms with Gasteiger partial charge in [0.05, 0.1) is 16.2 Å². The maximum absolute atomic E-state index is 12.2. The minimum Gasteiger partial charge on any atom is -0.450 e. The highest BCUT2D eigenvalue weighted by Crippen LogP contribution is 2.42. The van der Waals surface area contributed by atoms with E-state index in [9.17, 15) is 18.0 Å². The van der Waals surface area contributed by atoms with Gasteiger partial charge in [-0.15, -0.1) is 0 Å². The number of cyclic esters (lactones) is 1. The predicted octanol–water partition coefficient (Wildman–Crippen LogP) is 1.28. The van der Waals surface area contributed by atoms with E-state index in [4.69, 9.17) is 4.74 Å². The van der Waals surface area contributed by atoms with Crippen molar-refractivity contribution in [3.8, 4) is 0 Å². The van der Waals surface area contributed by atoms with Gasteiger partial charge in [-0.05, 0) is 31.5 Å². The van der Waals surface area contributed by atoms with Gasteiger partial charge < -0.3 is 10.1 Å². The van der Waals surface area contributed by atoms with Crippen molar-refractivity contribution in [2.24, 2.45) is 0 Å². The van der Waals surface area contributed by atoms with Crippen molar-refractivity contribution < 1.29 is 22.7 Å². The molecule has 1 aromatic rings. The number of rotatable bonds is 2. The van der Waals surface area contributed by atoms with Crippen molar-refractivity contribution >= 4 is 21.7 Å². The molecule has 0 fully saturated rings. The van der Waals surface area contributed by atoms with Crippen LogP contribution < -0.4 is 5.32 Å². The minimum absolute atomic E-state index is 0.127. The lowest BCUT2D eigenvalue weighted by Gasteiger charge is -2.27. The molecule has 1 N–H and O–H groups in total. The van der Waals surface area contributed by atoms with Gasteiger partial charge in [0, 0.05) is 18.6 Å². The molecule has 0 bridgehead atoms. The average molecular weight is 335 g/mol. The number of ether oxygens (including phenoxy) is 1. The Morgan fingerprint density at radius 1 is 1.17 bits per heavy atom. The van der Waals surface area contributed by atoms with Gasteiger partial charge in [0.15, 0.2) is 9.84 Å². The van der Waals surface area contributed by atoms with Crippen LogP contribution >= 0.6 is 0 Å². The monoisotopic (exact) mass is 335 g/mol. The zero-order valence-electron chi connectivity index (χ0n) is 13.0. The van der Waals surface area contributed by atoms with Crippen molar-refractivity contribution in [3.05, 3.63) is 41.1 Å². The molecular weight excluding hydrogens is 318 g/mol. The smallest absolute Gasteiger partial charge is 0.337 e. The van der Waals surface area contributed by atoms with E-state index in [-0.39, 0.29) is 17.2 Å². The number of carbonyl (C=O) groups excluding carboxylic acids is 2. The minimum atomic E-state index is -3.29. The molecule has 0 unspecified atom stereocenters. The Balaban J connectivity index is 2.07. The molecule has 1 amide bonds. The van der Waals surface area contributed by atoms with Gasteiger partial charge in [-0.25, -0.2) is 13.2 Å². The van der Waals surface area contributed by atoms with Gasteiger partial charge in [0.25, 0.3) is 0 Å². The summed E-state index contributed by atoms with van der Waals surface area (Å²) in [6.07, 6.45) is 1.26. The largest absolute Gasteiger partial charge is 0.450 e. The van der Waals surface area contributed by atoms with Gasteiger partial charge in [-0.3, -0.25) is 4.79 Å². The lowest BCUT2D eigenvalue weighted by atomic mass is 9.83. The fourth-order valence-electron chi connectivity index (χ4n) is 3.01. The molecule has 2 aliphatic rings. The standard InChI is InChI=1S/C16H17NO5S/c1-16(2)14-13(15(19)22-16)11(8-12(18)17-14)9-4-6-10(7-5-9)23(3,20)21/h4-7,11H,8H2,1-3H3,(H,17,18)/t11-/m1/s1. The van der Waals surface area contributed by atoms with Crippen LogP contribution in [0.2, 0.25) is 0 Å². The van der Waals surface area contributed by atoms with Gasteiger partial charge in [0.1, 0.15) is 5.60 Å².